The molecule has 0 N–H and O–H groups in total. The molecule has 0 aliphatic carbocycles. The molecule has 0 unspecified atom stereocenters. The molecule has 0 saturated carbocycles. The van der Waals surface area contributed by atoms with Gasteiger partial charge in [0.1, 0.15) is 5.75 Å². The van der Waals surface area contributed by atoms with Gasteiger partial charge < -0.3 is 0 Å². The van der Waals surface area contributed by atoms with Crippen molar-refractivity contribution < 1.29 is 12.6 Å². The number of hydrogen-bond donors (Lipinski definition) is 0. The molecule has 0 heterocycles. The maximum atomic E-state index is 10.5. The molecule has 0 rings (SSSR count). The van der Waals surface area contributed by atoms with Crippen molar-refractivity contribution in [2.24, 2.45) is 0 Å². The minimum Gasteiger partial charge on any atom is -0.270 e. The average Bonchev–Trinajstić information content (AvgIpc) is 1.64. The molecule has 3 nitrogen and oxygen atoms in total. The van der Waals surface area contributed by atoms with Crippen LogP contribution in [-0.4, -0.2) is 20.8 Å². The summed E-state index contributed by atoms with van der Waals surface area (Å²) in [4.78, 5) is 0. The fraction of sp³-hybridized carbons (Fsp3) is 0.600. The molecule has 52 valence electrons. The van der Waals surface area contributed by atoms with Crippen molar-refractivity contribution in [3.05, 3.63) is 0 Å². The Bertz CT molecular complexity index is 197. The highest BCUT2D eigenvalue weighted by Crippen LogP contribution is 1.89. The molecule has 0 aromatic carbocycles. The summed E-state index contributed by atoms with van der Waals surface area (Å²) < 4.78 is 25.2. The minimum atomic E-state index is -3.42. The third-order valence-electron chi connectivity index (χ3n) is 0.558. The van der Waals surface area contributed by atoms with Gasteiger partial charge in [-0.05, 0) is 6.92 Å². The standard InChI is InChI=1S/C5H8O3S/c1-3-5-9(6,7)8-4-2/h1H,4-5H2,2H3. The van der Waals surface area contributed by atoms with Crippen LogP contribution in [0.25, 0.3) is 0 Å². The van der Waals surface area contributed by atoms with Gasteiger partial charge in [0.25, 0.3) is 10.1 Å². The molecule has 4 heteroatoms. The normalized spacial score (nSPS) is 10.7. The van der Waals surface area contributed by atoms with Crippen LogP contribution in [0.3, 0.4) is 0 Å². The topological polar surface area (TPSA) is 43.4 Å². The van der Waals surface area contributed by atoms with Gasteiger partial charge >= 0.3 is 0 Å². The molecule has 9 heavy (non-hydrogen) atoms. The second-order valence-corrected chi connectivity index (χ2v) is 2.95. The number of terminal acetylenes is 1. The summed E-state index contributed by atoms with van der Waals surface area (Å²) in [6, 6.07) is 0. The summed E-state index contributed by atoms with van der Waals surface area (Å²) in [5.41, 5.74) is 0. The van der Waals surface area contributed by atoms with Crippen molar-refractivity contribution in [3.8, 4) is 12.3 Å². The Morgan fingerprint density at radius 1 is 1.67 bits per heavy atom. The van der Waals surface area contributed by atoms with E-state index in [1.807, 2.05) is 5.92 Å². The van der Waals surface area contributed by atoms with Gasteiger partial charge in [-0.15, -0.1) is 6.42 Å². The van der Waals surface area contributed by atoms with E-state index < -0.39 is 10.1 Å². The Morgan fingerprint density at radius 2 is 2.22 bits per heavy atom. The Hall–Kier alpha value is -0.530. The van der Waals surface area contributed by atoms with Gasteiger partial charge in [0.15, 0.2) is 0 Å². The van der Waals surface area contributed by atoms with E-state index in [2.05, 4.69) is 4.18 Å². The van der Waals surface area contributed by atoms with Crippen LogP contribution in [0, 0.1) is 12.3 Å². The van der Waals surface area contributed by atoms with E-state index in [4.69, 9.17) is 6.42 Å². The minimum absolute atomic E-state index is 0.143. The molecule has 0 saturated heterocycles. The molecule has 0 aromatic heterocycles. The Kier molecular flexibility index (Phi) is 3.28. The quantitative estimate of drug-likeness (QED) is 0.417. The van der Waals surface area contributed by atoms with E-state index in [9.17, 15) is 8.42 Å². The van der Waals surface area contributed by atoms with Crippen molar-refractivity contribution in [1.82, 2.24) is 0 Å². The third-order valence-corrected chi connectivity index (χ3v) is 1.67. The molecule has 0 bridgehead atoms. The van der Waals surface area contributed by atoms with Gasteiger partial charge in [0.05, 0.1) is 6.61 Å². The smallest absolute Gasteiger partial charge is 0.270 e. The van der Waals surface area contributed by atoms with Crippen molar-refractivity contribution in [3.63, 3.8) is 0 Å². The molecule has 0 fully saturated rings. The SMILES string of the molecule is C#CCS(=O)(=O)OCC. The van der Waals surface area contributed by atoms with Gasteiger partial charge in [0, 0.05) is 0 Å². The predicted octanol–water partition coefficient (Wildman–Crippen LogP) is -0.0141. The molecule has 0 radical (unpaired) electrons. The maximum Gasteiger partial charge on any atom is 0.278 e. The lowest BCUT2D eigenvalue weighted by molar-refractivity contribution is 0.340. The van der Waals surface area contributed by atoms with Crippen LogP contribution < -0.4 is 0 Å². The van der Waals surface area contributed by atoms with E-state index in [1.54, 1.807) is 6.92 Å². The number of rotatable bonds is 3. The van der Waals surface area contributed by atoms with Crippen LogP contribution in [0.5, 0.6) is 0 Å². The largest absolute Gasteiger partial charge is 0.278 e. The summed E-state index contributed by atoms with van der Waals surface area (Å²) in [6.07, 6.45) is 4.74. The second kappa shape index (κ2) is 3.49. The van der Waals surface area contributed by atoms with Crippen LogP contribution >= 0.6 is 0 Å². The molecule has 0 amide bonds. The maximum absolute atomic E-state index is 10.5. The fourth-order valence-corrected chi connectivity index (χ4v) is 0.970. The van der Waals surface area contributed by atoms with Gasteiger partial charge in [-0.3, -0.25) is 4.18 Å². The van der Waals surface area contributed by atoms with E-state index in [-0.39, 0.29) is 12.4 Å². The highest BCUT2D eigenvalue weighted by Gasteiger charge is 2.05. The predicted molar refractivity (Wildman–Crippen MR) is 34.2 cm³/mol. The second-order valence-electron chi connectivity index (χ2n) is 1.31. The van der Waals surface area contributed by atoms with Crippen molar-refractivity contribution in [2.75, 3.05) is 12.4 Å². The fourth-order valence-electron chi connectivity index (χ4n) is 0.323. The van der Waals surface area contributed by atoms with Crippen molar-refractivity contribution in [1.29, 1.82) is 0 Å². The highest BCUT2D eigenvalue weighted by atomic mass is 32.2. The zero-order chi connectivity index (χ0) is 7.33. The average molecular weight is 148 g/mol. The lowest BCUT2D eigenvalue weighted by Crippen LogP contribution is -2.08. The van der Waals surface area contributed by atoms with Crippen molar-refractivity contribution >= 4 is 10.1 Å². The van der Waals surface area contributed by atoms with Crippen LogP contribution in [0.1, 0.15) is 6.92 Å². The monoisotopic (exact) mass is 148 g/mol. The Morgan fingerprint density at radius 3 is 2.56 bits per heavy atom. The Balaban J connectivity index is 3.93. The van der Waals surface area contributed by atoms with Crippen molar-refractivity contribution in [2.45, 2.75) is 6.92 Å². The zero-order valence-electron chi connectivity index (χ0n) is 5.12. The van der Waals surface area contributed by atoms with Crippen LogP contribution in [0.2, 0.25) is 0 Å². The van der Waals surface area contributed by atoms with Crippen LogP contribution in [0.15, 0.2) is 0 Å². The molecular formula is C5H8O3S. The third kappa shape index (κ3) is 4.01. The molecule has 0 aliphatic heterocycles. The van der Waals surface area contributed by atoms with E-state index in [0.717, 1.165) is 0 Å². The lowest BCUT2D eigenvalue weighted by atomic mass is 10.8. The first-order valence-corrected chi connectivity index (χ1v) is 4.00. The Labute approximate surface area is 55.1 Å². The van der Waals surface area contributed by atoms with E-state index in [0.29, 0.717) is 0 Å². The first-order valence-electron chi connectivity index (χ1n) is 2.43. The summed E-state index contributed by atoms with van der Waals surface area (Å²) in [6.45, 7) is 1.73. The van der Waals surface area contributed by atoms with E-state index in [1.165, 1.54) is 0 Å². The molecule has 0 spiro atoms. The lowest BCUT2D eigenvalue weighted by Gasteiger charge is -1.95. The van der Waals surface area contributed by atoms with Gasteiger partial charge in [0.2, 0.25) is 0 Å². The summed E-state index contributed by atoms with van der Waals surface area (Å²) in [7, 11) is -3.42. The van der Waals surface area contributed by atoms with E-state index >= 15 is 0 Å². The zero-order valence-corrected chi connectivity index (χ0v) is 5.94. The van der Waals surface area contributed by atoms with Gasteiger partial charge in [-0.25, -0.2) is 0 Å². The summed E-state index contributed by atoms with van der Waals surface area (Å²) >= 11 is 0. The first kappa shape index (κ1) is 8.47. The van der Waals surface area contributed by atoms with Crippen LogP contribution in [0.4, 0.5) is 0 Å². The summed E-state index contributed by atoms with van der Waals surface area (Å²) in [5, 5.41) is 0. The number of hydrogen-bond acceptors (Lipinski definition) is 3. The van der Waals surface area contributed by atoms with Crippen LogP contribution in [-0.2, 0) is 14.3 Å². The summed E-state index contributed by atoms with van der Waals surface area (Å²) in [5.74, 6) is 1.63. The molecule has 0 aliphatic rings. The molecule has 0 aromatic rings. The molecule has 0 atom stereocenters. The first-order chi connectivity index (χ1) is 4.12. The molecular weight excluding hydrogens is 140 g/mol. The highest BCUT2D eigenvalue weighted by molar-refractivity contribution is 7.86. The van der Waals surface area contributed by atoms with Gasteiger partial charge in [-0.1, -0.05) is 5.92 Å². The van der Waals surface area contributed by atoms with Gasteiger partial charge in [-0.2, -0.15) is 8.42 Å².